The number of fused-ring (bicyclic) bond motifs is 1. The Morgan fingerprint density at radius 3 is 2.65 bits per heavy atom. The van der Waals surface area contributed by atoms with Gasteiger partial charge in [0.2, 0.25) is 0 Å². The fourth-order valence-electron chi connectivity index (χ4n) is 2.29. The van der Waals surface area contributed by atoms with Gasteiger partial charge in [0.25, 0.3) is 0 Å². The van der Waals surface area contributed by atoms with Crippen LogP contribution < -0.4 is 0 Å². The second kappa shape index (κ2) is 5.36. The van der Waals surface area contributed by atoms with Crippen molar-refractivity contribution in [1.82, 2.24) is 9.55 Å². The molecule has 1 aromatic heterocycles. The van der Waals surface area contributed by atoms with E-state index in [1.165, 1.54) is 5.56 Å². The molecular weight excluding hydrogens is 270 g/mol. The van der Waals surface area contributed by atoms with Crippen molar-refractivity contribution < 1.29 is 0 Å². The summed E-state index contributed by atoms with van der Waals surface area (Å²) < 4.78 is 2.07. The topological polar surface area (TPSA) is 41.6 Å². The molecule has 4 heteroatoms. The second-order valence-corrected chi connectivity index (χ2v) is 4.82. The van der Waals surface area contributed by atoms with Crippen LogP contribution in [0.25, 0.3) is 11.0 Å². The van der Waals surface area contributed by atoms with E-state index < -0.39 is 0 Å². The van der Waals surface area contributed by atoms with Crippen molar-refractivity contribution in [2.24, 2.45) is 0 Å². The van der Waals surface area contributed by atoms with E-state index in [4.69, 9.17) is 16.9 Å². The summed E-state index contributed by atoms with van der Waals surface area (Å²) in [6.07, 6.45) is 0. The molecule has 0 fully saturated rings. The first-order chi connectivity index (χ1) is 9.81. The highest BCUT2D eigenvalue weighted by atomic mass is 35.5. The predicted molar refractivity (Wildman–Crippen MR) is 79.5 cm³/mol. The quantitative estimate of drug-likeness (QED) is 0.687. The summed E-state index contributed by atoms with van der Waals surface area (Å²) in [5.41, 5.74) is 3.63. The van der Waals surface area contributed by atoms with Gasteiger partial charge in [0.05, 0.1) is 28.5 Å². The number of hydrogen-bond acceptors (Lipinski definition) is 2. The van der Waals surface area contributed by atoms with Gasteiger partial charge in [-0.1, -0.05) is 30.3 Å². The lowest BCUT2D eigenvalue weighted by Gasteiger charge is -2.08. The number of benzene rings is 2. The normalized spacial score (nSPS) is 10.6. The van der Waals surface area contributed by atoms with Gasteiger partial charge in [0.1, 0.15) is 5.82 Å². The molecule has 0 saturated carbocycles. The Morgan fingerprint density at radius 2 is 1.95 bits per heavy atom. The maximum absolute atomic E-state index is 9.04. The Balaban J connectivity index is 2.14. The van der Waals surface area contributed by atoms with Crippen LogP contribution in [0.4, 0.5) is 0 Å². The Hall–Kier alpha value is -2.31. The van der Waals surface area contributed by atoms with Crippen LogP contribution in [-0.4, -0.2) is 9.55 Å². The minimum absolute atomic E-state index is 0.351. The number of imidazole rings is 1. The summed E-state index contributed by atoms with van der Waals surface area (Å²) >= 11 is 6.00. The minimum atomic E-state index is 0.351. The van der Waals surface area contributed by atoms with E-state index in [-0.39, 0.29) is 0 Å². The van der Waals surface area contributed by atoms with Crippen molar-refractivity contribution in [2.45, 2.75) is 12.4 Å². The lowest BCUT2D eigenvalue weighted by atomic mass is 10.2. The summed E-state index contributed by atoms with van der Waals surface area (Å²) in [5.74, 6) is 1.17. The number of rotatable bonds is 3. The second-order valence-electron chi connectivity index (χ2n) is 4.55. The third kappa shape index (κ3) is 2.26. The molecule has 0 N–H and O–H groups in total. The number of nitriles is 1. The van der Waals surface area contributed by atoms with E-state index in [0.29, 0.717) is 18.0 Å². The average molecular weight is 282 g/mol. The number of alkyl halides is 1. The summed E-state index contributed by atoms with van der Waals surface area (Å²) in [6, 6.07) is 17.8. The summed E-state index contributed by atoms with van der Waals surface area (Å²) in [7, 11) is 0. The maximum atomic E-state index is 9.04. The largest absolute Gasteiger partial charge is 0.322 e. The van der Waals surface area contributed by atoms with Gasteiger partial charge in [0.15, 0.2) is 0 Å². The Bertz CT molecular complexity index is 785. The van der Waals surface area contributed by atoms with Gasteiger partial charge in [-0.15, -0.1) is 11.6 Å². The first kappa shape index (κ1) is 12.7. The lowest BCUT2D eigenvalue weighted by Crippen LogP contribution is -2.03. The number of hydrogen-bond donors (Lipinski definition) is 0. The van der Waals surface area contributed by atoms with E-state index in [1.807, 2.05) is 30.3 Å². The molecule has 3 nitrogen and oxygen atoms in total. The van der Waals surface area contributed by atoms with Crippen LogP contribution >= 0.6 is 11.6 Å². The highest BCUT2D eigenvalue weighted by Crippen LogP contribution is 2.20. The van der Waals surface area contributed by atoms with Gasteiger partial charge in [-0.25, -0.2) is 4.98 Å². The van der Waals surface area contributed by atoms with E-state index in [0.717, 1.165) is 16.9 Å². The molecule has 0 aliphatic heterocycles. The highest BCUT2D eigenvalue weighted by molar-refractivity contribution is 6.16. The van der Waals surface area contributed by atoms with E-state index in [9.17, 15) is 0 Å². The molecule has 0 radical (unpaired) electrons. The van der Waals surface area contributed by atoms with Crippen molar-refractivity contribution >= 4 is 22.6 Å². The van der Waals surface area contributed by atoms with Gasteiger partial charge >= 0.3 is 0 Å². The van der Waals surface area contributed by atoms with Crippen molar-refractivity contribution in [3.05, 3.63) is 65.5 Å². The standard InChI is InChI=1S/C16H12ClN3/c17-9-16-19-14-7-6-13(10-18)8-15(14)20(16)11-12-4-2-1-3-5-12/h1-8H,9,11H2. The zero-order valence-electron chi connectivity index (χ0n) is 10.8. The number of aromatic nitrogens is 2. The molecule has 1 heterocycles. The van der Waals surface area contributed by atoms with Crippen LogP contribution in [0.2, 0.25) is 0 Å². The zero-order chi connectivity index (χ0) is 13.9. The van der Waals surface area contributed by atoms with E-state index in [2.05, 4.69) is 27.8 Å². The molecule has 0 unspecified atom stereocenters. The molecule has 0 aliphatic rings. The number of halogens is 1. The van der Waals surface area contributed by atoms with Gasteiger partial charge in [-0.05, 0) is 23.8 Å². The Kier molecular flexibility index (Phi) is 3.41. The predicted octanol–water partition coefficient (Wildman–Crippen LogP) is 3.70. The summed E-state index contributed by atoms with van der Waals surface area (Å²) in [4.78, 5) is 4.52. The molecule has 0 saturated heterocycles. The van der Waals surface area contributed by atoms with Crippen LogP contribution in [0.5, 0.6) is 0 Å². The molecule has 98 valence electrons. The molecule has 0 bridgehead atoms. The van der Waals surface area contributed by atoms with Crippen LogP contribution in [0.3, 0.4) is 0 Å². The molecule has 0 amide bonds. The molecule has 2 aromatic carbocycles. The van der Waals surface area contributed by atoms with Crippen LogP contribution in [-0.2, 0) is 12.4 Å². The molecule has 20 heavy (non-hydrogen) atoms. The average Bonchev–Trinajstić information content (AvgIpc) is 2.85. The maximum Gasteiger partial charge on any atom is 0.125 e. The van der Waals surface area contributed by atoms with Gasteiger partial charge in [-0.2, -0.15) is 5.26 Å². The minimum Gasteiger partial charge on any atom is -0.322 e. The Morgan fingerprint density at radius 1 is 1.15 bits per heavy atom. The molecule has 0 atom stereocenters. The SMILES string of the molecule is N#Cc1ccc2nc(CCl)n(Cc3ccccc3)c2c1. The van der Waals surface area contributed by atoms with Gasteiger partial charge < -0.3 is 4.57 Å². The fourth-order valence-corrected chi connectivity index (χ4v) is 2.49. The van der Waals surface area contributed by atoms with Gasteiger partial charge in [-0.3, -0.25) is 0 Å². The van der Waals surface area contributed by atoms with Gasteiger partial charge in [0, 0.05) is 6.54 Å². The van der Waals surface area contributed by atoms with Crippen LogP contribution in [0.15, 0.2) is 48.5 Å². The van der Waals surface area contributed by atoms with Crippen LogP contribution in [0, 0.1) is 11.3 Å². The summed E-state index contributed by atoms with van der Waals surface area (Å²) in [5, 5.41) is 9.04. The fraction of sp³-hybridized carbons (Fsp3) is 0.125. The first-order valence-electron chi connectivity index (χ1n) is 6.31. The van der Waals surface area contributed by atoms with Crippen molar-refractivity contribution in [3.63, 3.8) is 0 Å². The van der Waals surface area contributed by atoms with Crippen molar-refractivity contribution in [2.75, 3.05) is 0 Å². The molecule has 3 aromatic rings. The monoisotopic (exact) mass is 281 g/mol. The highest BCUT2D eigenvalue weighted by Gasteiger charge is 2.11. The molecule has 0 aliphatic carbocycles. The third-order valence-electron chi connectivity index (χ3n) is 3.26. The molecule has 3 rings (SSSR count). The molecule has 0 spiro atoms. The number of nitrogens with zero attached hydrogens (tertiary/aromatic N) is 3. The molecular formula is C16H12ClN3. The third-order valence-corrected chi connectivity index (χ3v) is 3.50. The van der Waals surface area contributed by atoms with E-state index in [1.54, 1.807) is 6.07 Å². The van der Waals surface area contributed by atoms with Crippen LogP contribution in [0.1, 0.15) is 17.0 Å². The van der Waals surface area contributed by atoms with E-state index >= 15 is 0 Å². The van der Waals surface area contributed by atoms with Crippen molar-refractivity contribution in [3.8, 4) is 6.07 Å². The summed E-state index contributed by atoms with van der Waals surface area (Å²) in [6.45, 7) is 0.703. The lowest BCUT2D eigenvalue weighted by molar-refractivity contribution is 0.778. The Labute approximate surface area is 122 Å². The smallest absolute Gasteiger partial charge is 0.125 e. The van der Waals surface area contributed by atoms with Crippen molar-refractivity contribution in [1.29, 1.82) is 5.26 Å². The first-order valence-corrected chi connectivity index (χ1v) is 6.84. The zero-order valence-corrected chi connectivity index (χ0v) is 11.5.